The number of benzene rings is 1. The van der Waals surface area contributed by atoms with E-state index in [2.05, 4.69) is 0 Å². The lowest BCUT2D eigenvalue weighted by molar-refractivity contribution is -0.138. The minimum Gasteiger partial charge on any atom is -0.481 e. The second-order valence-corrected chi connectivity index (χ2v) is 3.87. The summed E-state index contributed by atoms with van der Waals surface area (Å²) >= 11 is 5.51. The molecule has 0 spiro atoms. The molecule has 1 aromatic carbocycles. The molecule has 1 aliphatic carbocycles. The molecule has 1 N–H and O–H groups in total. The molecular formula is C10H8ClFO2. The van der Waals surface area contributed by atoms with E-state index in [1.54, 1.807) is 6.07 Å². The molecule has 0 saturated heterocycles. The van der Waals surface area contributed by atoms with E-state index in [1.165, 1.54) is 12.1 Å². The van der Waals surface area contributed by atoms with Gasteiger partial charge in [0.05, 0.1) is 10.9 Å². The van der Waals surface area contributed by atoms with Crippen molar-refractivity contribution in [3.05, 3.63) is 34.6 Å². The second-order valence-electron chi connectivity index (χ2n) is 3.46. The van der Waals surface area contributed by atoms with Crippen LogP contribution < -0.4 is 0 Å². The normalized spacial score (nSPS) is 24.7. The summed E-state index contributed by atoms with van der Waals surface area (Å²) in [4.78, 5) is 10.6. The van der Waals surface area contributed by atoms with Gasteiger partial charge in [0.15, 0.2) is 0 Å². The summed E-state index contributed by atoms with van der Waals surface area (Å²) in [6.45, 7) is 0. The molecule has 1 saturated carbocycles. The smallest absolute Gasteiger partial charge is 0.307 e. The molecule has 14 heavy (non-hydrogen) atoms. The molecule has 2 unspecified atom stereocenters. The Hall–Kier alpha value is -1.09. The van der Waals surface area contributed by atoms with Crippen LogP contribution in [0.15, 0.2) is 18.2 Å². The van der Waals surface area contributed by atoms with E-state index in [-0.39, 0.29) is 16.9 Å². The predicted octanol–water partition coefficient (Wildman–Crippen LogP) is 2.67. The lowest BCUT2D eigenvalue weighted by Gasteiger charge is -1.99. The van der Waals surface area contributed by atoms with Gasteiger partial charge in [-0.2, -0.15) is 0 Å². The molecule has 0 amide bonds. The van der Waals surface area contributed by atoms with Crippen molar-refractivity contribution in [2.75, 3.05) is 0 Å². The van der Waals surface area contributed by atoms with E-state index in [1.807, 2.05) is 0 Å². The zero-order chi connectivity index (χ0) is 10.3. The van der Waals surface area contributed by atoms with E-state index in [4.69, 9.17) is 16.7 Å². The third-order valence-corrected chi connectivity index (χ3v) is 2.79. The maximum absolute atomic E-state index is 13.0. The zero-order valence-corrected chi connectivity index (χ0v) is 7.96. The summed E-state index contributed by atoms with van der Waals surface area (Å²) < 4.78 is 13.0. The van der Waals surface area contributed by atoms with Crippen LogP contribution in [0.4, 0.5) is 4.39 Å². The van der Waals surface area contributed by atoms with Gasteiger partial charge in [-0.25, -0.2) is 4.39 Å². The van der Waals surface area contributed by atoms with Crippen molar-refractivity contribution in [3.63, 3.8) is 0 Å². The van der Waals surface area contributed by atoms with Gasteiger partial charge in [0.1, 0.15) is 5.82 Å². The minimum absolute atomic E-state index is 0.0423. The zero-order valence-electron chi connectivity index (χ0n) is 7.21. The first-order valence-corrected chi connectivity index (χ1v) is 4.65. The SMILES string of the molecule is O=C(O)C1CC1c1ccc(Cl)c(F)c1. The highest BCUT2D eigenvalue weighted by Gasteiger charge is 2.44. The average Bonchev–Trinajstić information content (AvgIpc) is 2.89. The summed E-state index contributed by atoms with van der Waals surface area (Å²) in [5.41, 5.74) is 0.722. The van der Waals surface area contributed by atoms with Crippen molar-refractivity contribution < 1.29 is 14.3 Å². The Morgan fingerprint density at radius 3 is 2.79 bits per heavy atom. The molecule has 4 heteroatoms. The van der Waals surface area contributed by atoms with Crippen LogP contribution in [-0.4, -0.2) is 11.1 Å². The fraction of sp³-hybridized carbons (Fsp3) is 0.300. The first kappa shape index (κ1) is 9.46. The van der Waals surface area contributed by atoms with Gasteiger partial charge in [-0.05, 0) is 30.0 Å². The predicted molar refractivity (Wildman–Crippen MR) is 49.9 cm³/mol. The summed E-state index contributed by atoms with van der Waals surface area (Å²) in [6.07, 6.45) is 0.594. The maximum atomic E-state index is 13.0. The molecule has 2 rings (SSSR count). The van der Waals surface area contributed by atoms with Crippen LogP contribution in [0.1, 0.15) is 17.9 Å². The second kappa shape index (κ2) is 3.24. The number of hydrogen-bond acceptors (Lipinski definition) is 1. The van der Waals surface area contributed by atoms with Crippen molar-refractivity contribution in [1.29, 1.82) is 0 Å². The van der Waals surface area contributed by atoms with Crippen LogP contribution in [0, 0.1) is 11.7 Å². The highest BCUT2D eigenvalue weighted by Crippen LogP contribution is 2.47. The van der Waals surface area contributed by atoms with Gasteiger partial charge in [0.2, 0.25) is 0 Å². The third-order valence-electron chi connectivity index (χ3n) is 2.48. The van der Waals surface area contributed by atoms with E-state index < -0.39 is 11.8 Å². The average molecular weight is 215 g/mol. The lowest BCUT2D eigenvalue weighted by atomic mass is 10.1. The Labute approximate surface area is 85.3 Å². The Bertz CT molecular complexity index is 392. The molecule has 74 valence electrons. The van der Waals surface area contributed by atoms with Crippen LogP contribution in [-0.2, 0) is 4.79 Å². The van der Waals surface area contributed by atoms with Gasteiger partial charge in [-0.15, -0.1) is 0 Å². The molecule has 0 heterocycles. The summed E-state index contributed by atoms with van der Waals surface area (Å²) in [5, 5.41) is 8.76. The first-order valence-electron chi connectivity index (χ1n) is 4.27. The van der Waals surface area contributed by atoms with Crippen LogP contribution in [0.2, 0.25) is 5.02 Å². The fourth-order valence-electron chi connectivity index (χ4n) is 1.58. The van der Waals surface area contributed by atoms with Gasteiger partial charge < -0.3 is 5.11 Å². The monoisotopic (exact) mass is 214 g/mol. The third kappa shape index (κ3) is 1.60. The number of carboxylic acid groups (broad SMARTS) is 1. The largest absolute Gasteiger partial charge is 0.481 e. The summed E-state index contributed by atoms with van der Waals surface area (Å²) in [7, 11) is 0. The minimum atomic E-state index is -0.814. The van der Waals surface area contributed by atoms with Crippen LogP contribution in [0.25, 0.3) is 0 Å². The van der Waals surface area contributed by atoms with Crippen molar-refractivity contribution in [1.82, 2.24) is 0 Å². The number of carboxylic acids is 1. The summed E-state index contributed by atoms with van der Waals surface area (Å²) in [6, 6.07) is 4.46. The standard InChI is InChI=1S/C10H8ClFO2/c11-8-2-1-5(3-9(8)12)6-4-7(6)10(13)14/h1-3,6-7H,4H2,(H,13,14). The van der Waals surface area contributed by atoms with Gasteiger partial charge in [0, 0.05) is 0 Å². The van der Waals surface area contributed by atoms with Gasteiger partial charge in [-0.3, -0.25) is 4.79 Å². The Balaban J connectivity index is 2.20. The van der Waals surface area contributed by atoms with E-state index in [9.17, 15) is 9.18 Å². The molecule has 1 aromatic rings. The molecule has 2 atom stereocenters. The topological polar surface area (TPSA) is 37.3 Å². The molecule has 0 radical (unpaired) electrons. The number of aliphatic carboxylic acids is 1. The van der Waals surface area contributed by atoms with Gasteiger partial charge >= 0.3 is 5.97 Å². The van der Waals surface area contributed by atoms with Crippen molar-refractivity contribution in [2.45, 2.75) is 12.3 Å². The van der Waals surface area contributed by atoms with Crippen molar-refractivity contribution in [2.24, 2.45) is 5.92 Å². The molecule has 0 bridgehead atoms. The highest BCUT2D eigenvalue weighted by atomic mass is 35.5. The van der Waals surface area contributed by atoms with Gasteiger partial charge in [0.25, 0.3) is 0 Å². The molecular weight excluding hydrogens is 207 g/mol. The van der Waals surface area contributed by atoms with E-state index >= 15 is 0 Å². The Kier molecular flexibility index (Phi) is 2.19. The molecule has 2 nitrogen and oxygen atoms in total. The molecule has 0 aromatic heterocycles. The molecule has 0 aliphatic heterocycles. The van der Waals surface area contributed by atoms with E-state index in [0.29, 0.717) is 6.42 Å². The quantitative estimate of drug-likeness (QED) is 0.822. The van der Waals surface area contributed by atoms with Crippen LogP contribution in [0.3, 0.4) is 0 Å². The number of carbonyl (C=O) groups is 1. The maximum Gasteiger partial charge on any atom is 0.307 e. The number of halogens is 2. The lowest BCUT2D eigenvalue weighted by Crippen LogP contribution is -1.99. The van der Waals surface area contributed by atoms with Crippen molar-refractivity contribution >= 4 is 17.6 Å². The van der Waals surface area contributed by atoms with Crippen LogP contribution in [0.5, 0.6) is 0 Å². The molecule has 1 aliphatic rings. The van der Waals surface area contributed by atoms with Gasteiger partial charge in [-0.1, -0.05) is 17.7 Å². The molecule has 1 fully saturated rings. The Morgan fingerprint density at radius 2 is 2.29 bits per heavy atom. The Morgan fingerprint density at radius 1 is 1.57 bits per heavy atom. The van der Waals surface area contributed by atoms with Crippen molar-refractivity contribution in [3.8, 4) is 0 Å². The fourth-order valence-corrected chi connectivity index (χ4v) is 1.70. The van der Waals surface area contributed by atoms with Crippen LogP contribution >= 0.6 is 11.6 Å². The first-order chi connectivity index (χ1) is 6.59. The summed E-state index contributed by atoms with van der Waals surface area (Å²) in [5.74, 6) is -1.69. The highest BCUT2D eigenvalue weighted by molar-refractivity contribution is 6.30. The van der Waals surface area contributed by atoms with E-state index in [0.717, 1.165) is 5.56 Å². The number of hydrogen-bond donors (Lipinski definition) is 1. The number of rotatable bonds is 2.